The standard InChI is InChI=1S/C15H24N4O/c1-5-12-10-8-9-11(4)13(12)19(7-3)15(20)18-14(16)17-6-2/h8-10H,5-7H2,1-4H3,(H3,16,17,18,20). The van der Waals surface area contributed by atoms with Gasteiger partial charge in [-0.3, -0.25) is 15.2 Å². The molecule has 0 bridgehead atoms. The van der Waals surface area contributed by atoms with Crippen LogP contribution in [0.5, 0.6) is 0 Å². The van der Waals surface area contributed by atoms with Crippen LogP contribution in [-0.2, 0) is 6.42 Å². The van der Waals surface area contributed by atoms with Crippen molar-refractivity contribution in [3.63, 3.8) is 0 Å². The van der Waals surface area contributed by atoms with Crippen molar-refractivity contribution in [2.75, 3.05) is 18.0 Å². The normalized spacial score (nSPS) is 11.3. The van der Waals surface area contributed by atoms with E-state index < -0.39 is 0 Å². The summed E-state index contributed by atoms with van der Waals surface area (Å²) in [7, 11) is 0. The zero-order valence-electron chi connectivity index (χ0n) is 12.7. The molecule has 0 atom stereocenters. The average molecular weight is 276 g/mol. The lowest BCUT2D eigenvalue weighted by molar-refractivity contribution is 0.250. The second kappa shape index (κ2) is 7.53. The molecule has 0 saturated heterocycles. The highest BCUT2D eigenvalue weighted by molar-refractivity contribution is 6.03. The van der Waals surface area contributed by atoms with E-state index in [9.17, 15) is 4.79 Å². The Bertz CT molecular complexity index is 497. The predicted octanol–water partition coefficient (Wildman–Crippen LogP) is 2.43. The van der Waals surface area contributed by atoms with Crippen LogP contribution in [0.2, 0.25) is 0 Å². The molecule has 3 N–H and O–H groups in total. The predicted molar refractivity (Wildman–Crippen MR) is 84.3 cm³/mol. The van der Waals surface area contributed by atoms with E-state index in [1.165, 1.54) is 0 Å². The summed E-state index contributed by atoms with van der Waals surface area (Å²) >= 11 is 0. The highest BCUT2D eigenvalue weighted by Crippen LogP contribution is 2.25. The highest BCUT2D eigenvalue weighted by atomic mass is 16.2. The summed E-state index contributed by atoms with van der Waals surface area (Å²) in [6.07, 6.45) is 0.874. The minimum Gasteiger partial charge on any atom is -0.370 e. The van der Waals surface area contributed by atoms with Crippen LogP contribution in [0.4, 0.5) is 10.5 Å². The van der Waals surface area contributed by atoms with E-state index in [-0.39, 0.29) is 12.0 Å². The summed E-state index contributed by atoms with van der Waals surface area (Å²) in [6, 6.07) is 5.82. The molecular formula is C15H24N4O. The molecule has 0 unspecified atom stereocenters. The van der Waals surface area contributed by atoms with Crippen LogP contribution in [0.1, 0.15) is 31.9 Å². The molecule has 0 aliphatic heterocycles. The molecule has 2 amide bonds. The van der Waals surface area contributed by atoms with Crippen molar-refractivity contribution in [2.45, 2.75) is 34.1 Å². The highest BCUT2D eigenvalue weighted by Gasteiger charge is 2.18. The number of carbonyl (C=O) groups excluding carboxylic acids is 1. The zero-order valence-corrected chi connectivity index (χ0v) is 12.7. The number of nitrogens with two attached hydrogens (primary N) is 1. The molecule has 0 fully saturated rings. The van der Waals surface area contributed by atoms with Gasteiger partial charge in [0, 0.05) is 13.1 Å². The molecule has 1 rings (SSSR count). The minimum atomic E-state index is -0.244. The summed E-state index contributed by atoms with van der Waals surface area (Å²) in [6.45, 7) is 9.02. The van der Waals surface area contributed by atoms with Gasteiger partial charge in [0.05, 0.1) is 5.69 Å². The van der Waals surface area contributed by atoms with Crippen LogP contribution >= 0.6 is 0 Å². The number of amides is 2. The summed E-state index contributed by atoms with van der Waals surface area (Å²) in [5, 5.41) is 2.62. The molecule has 110 valence electrons. The van der Waals surface area contributed by atoms with Crippen molar-refractivity contribution in [3.8, 4) is 0 Å². The Labute approximate surface area is 120 Å². The molecule has 0 aromatic heterocycles. The first-order valence-corrected chi connectivity index (χ1v) is 7.01. The number of carbonyl (C=O) groups is 1. The van der Waals surface area contributed by atoms with E-state index >= 15 is 0 Å². The second-order valence-electron chi connectivity index (χ2n) is 4.47. The third kappa shape index (κ3) is 3.73. The quantitative estimate of drug-likeness (QED) is 0.655. The monoisotopic (exact) mass is 276 g/mol. The summed E-state index contributed by atoms with van der Waals surface area (Å²) in [5.41, 5.74) is 8.84. The Hall–Kier alpha value is -2.04. The molecule has 0 radical (unpaired) electrons. The van der Waals surface area contributed by atoms with Gasteiger partial charge in [-0.15, -0.1) is 0 Å². The molecule has 0 heterocycles. The number of nitrogens with one attached hydrogen (secondary N) is 1. The van der Waals surface area contributed by atoms with Gasteiger partial charge in [0.1, 0.15) is 0 Å². The third-order valence-corrected chi connectivity index (χ3v) is 3.10. The Morgan fingerprint density at radius 2 is 2.05 bits per heavy atom. The van der Waals surface area contributed by atoms with E-state index in [1.807, 2.05) is 39.0 Å². The van der Waals surface area contributed by atoms with Crippen LogP contribution < -0.4 is 16.0 Å². The lowest BCUT2D eigenvalue weighted by Gasteiger charge is -2.25. The first-order chi connectivity index (χ1) is 9.54. The molecule has 5 nitrogen and oxygen atoms in total. The second-order valence-corrected chi connectivity index (χ2v) is 4.47. The number of rotatable bonds is 4. The first-order valence-electron chi connectivity index (χ1n) is 7.01. The number of guanidine groups is 1. The van der Waals surface area contributed by atoms with Gasteiger partial charge in [-0.05, 0) is 38.3 Å². The number of urea groups is 1. The van der Waals surface area contributed by atoms with Crippen LogP contribution in [0, 0.1) is 6.92 Å². The lowest BCUT2D eigenvalue weighted by atomic mass is 10.0. The van der Waals surface area contributed by atoms with Crippen molar-refractivity contribution in [1.29, 1.82) is 0 Å². The number of aliphatic imine (C=N–C) groups is 1. The van der Waals surface area contributed by atoms with Gasteiger partial charge in [0.15, 0.2) is 5.96 Å². The van der Waals surface area contributed by atoms with Gasteiger partial charge in [-0.2, -0.15) is 0 Å². The fourth-order valence-electron chi connectivity index (χ4n) is 2.18. The SMILES string of the molecule is CCN=C(N)NC(=O)N(CC)c1c(C)cccc1CC. The number of aryl methyl sites for hydroxylation is 2. The molecular weight excluding hydrogens is 252 g/mol. The minimum absolute atomic E-state index is 0.155. The van der Waals surface area contributed by atoms with E-state index in [4.69, 9.17) is 5.73 Å². The summed E-state index contributed by atoms with van der Waals surface area (Å²) < 4.78 is 0. The number of para-hydroxylation sites is 1. The van der Waals surface area contributed by atoms with Gasteiger partial charge in [-0.1, -0.05) is 25.1 Å². The number of hydrogen-bond donors (Lipinski definition) is 2. The molecule has 0 spiro atoms. The van der Waals surface area contributed by atoms with Gasteiger partial charge < -0.3 is 5.73 Å². The molecule has 1 aromatic carbocycles. The summed E-state index contributed by atoms with van der Waals surface area (Å²) in [5.74, 6) is 0.155. The molecule has 20 heavy (non-hydrogen) atoms. The van der Waals surface area contributed by atoms with E-state index in [1.54, 1.807) is 4.90 Å². The maximum absolute atomic E-state index is 12.3. The van der Waals surface area contributed by atoms with Crippen LogP contribution in [-0.4, -0.2) is 25.1 Å². The van der Waals surface area contributed by atoms with Crippen molar-refractivity contribution < 1.29 is 4.79 Å². The molecule has 0 aliphatic rings. The number of benzene rings is 1. The Morgan fingerprint density at radius 3 is 2.60 bits per heavy atom. The van der Waals surface area contributed by atoms with Crippen LogP contribution in [0.15, 0.2) is 23.2 Å². The van der Waals surface area contributed by atoms with E-state index in [0.29, 0.717) is 13.1 Å². The molecule has 5 heteroatoms. The molecule has 0 aliphatic carbocycles. The Balaban J connectivity index is 3.08. The van der Waals surface area contributed by atoms with E-state index in [2.05, 4.69) is 17.2 Å². The maximum Gasteiger partial charge on any atom is 0.328 e. The number of hydrogen-bond acceptors (Lipinski definition) is 2. The fraction of sp³-hybridized carbons (Fsp3) is 0.467. The largest absolute Gasteiger partial charge is 0.370 e. The van der Waals surface area contributed by atoms with Crippen LogP contribution in [0.25, 0.3) is 0 Å². The third-order valence-electron chi connectivity index (χ3n) is 3.10. The molecule has 1 aromatic rings. The average Bonchev–Trinajstić information content (AvgIpc) is 2.41. The van der Waals surface area contributed by atoms with Crippen molar-refractivity contribution in [3.05, 3.63) is 29.3 Å². The van der Waals surface area contributed by atoms with Gasteiger partial charge in [-0.25, -0.2) is 4.79 Å². The fourth-order valence-corrected chi connectivity index (χ4v) is 2.18. The number of anilines is 1. The van der Waals surface area contributed by atoms with Gasteiger partial charge >= 0.3 is 6.03 Å². The van der Waals surface area contributed by atoms with Crippen molar-refractivity contribution in [1.82, 2.24) is 5.32 Å². The summed E-state index contributed by atoms with van der Waals surface area (Å²) in [4.78, 5) is 18.0. The first kappa shape index (κ1) is 16.0. The number of nitrogens with zero attached hydrogens (tertiary/aromatic N) is 2. The van der Waals surface area contributed by atoms with Gasteiger partial charge in [0.25, 0.3) is 0 Å². The maximum atomic E-state index is 12.3. The smallest absolute Gasteiger partial charge is 0.328 e. The van der Waals surface area contributed by atoms with Crippen molar-refractivity contribution >= 4 is 17.7 Å². The van der Waals surface area contributed by atoms with Crippen molar-refractivity contribution in [2.24, 2.45) is 10.7 Å². The lowest BCUT2D eigenvalue weighted by Crippen LogP contribution is -2.46. The Morgan fingerprint density at radius 1 is 1.35 bits per heavy atom. The van der Waals surface area contributed by atoms with Crippen LogP contribution in [0.3, 0.4) is 0 Å². The zero-order chi connectivity index (χ0) is 15.1. The van der Waals surface area contributed by atoms with E-state index in [0.717, 1.165) is 23.2 Å². The van der Waals surface area contributed by atoms with Gasteiger partial charge in [0.2, 0.25) is 0 Å². The topological polar surface area (TPSA) is 70.7 Å². The Kier molecular flexibility index (Phi) is 6.03. The molecule has 0 saturated carbocycles.